The summed E-state index contributed by atoms with van der Waals surface area (Å²) in [6, 6.07) is 4.15. The summed E-state index contributed by atoms with van der Waals surface area (Å²) < 4.78 is 54.9. The van der Waals surface area contributed by atoms with E-state index in [0.29, 0.717) is 17.7 Å². The normalized spacial score (nSPS) is 14.7. The fourth-order valence-electron chi connectivity index (χ4n) is 3.92. The van der Waals surface area contributed by atoms with Crippen LogP contribution in [0.2, 0.25) is 0 Å². The van der Waals surface area contributed by atoms with Crippen LogP contribution in [0.1, 0.15) is 38.2 Å². The Hall–Kier alpha value is -2.88. The monoisotopic (exact) mass is 461 g/mol. The molecule has 4 rings (SSSR count). The number of hydrogen-bond donors (Lipinski definition) is 0. The molecule has 2 aromatic heterocycles. The number of rotatable bonds is 7. The van der Waals surface area contributed by atoms with Crippen molar-refractivity contribution in [2.24, 2.45) is 0 Å². The van der Waals surface area contributed by atoms with Gasteiger partial charge in [-0.25, -0.2) is 21.9 Å². The maximum absolute atomic E-state index is 15.1. The Morgan fingerprint density at radius 3 is 2.62 bits per heavy atom. The van der Waals surface area contributed by atoms with Gasteiger partial charge < -0.3 is 4.90 Å². The third kappa shape index (κ3) is 4.79. The molecule has 0 radical (unpaired) electrons. The van der Waals surface area contributed by atoms with Gasteiger partial charge in [-0.05, 0) is 37.8 Å². The van der Waals surface area contributed by atoms with E-state index in [1.54, 1.807) is 19.3 Å². The van der Waals surface area contributed by atoms with Crippen molar-refractivity contribution in [3.05, 3.63) is 54.0 Å². The largest absolute Gasteiger partial charge is 0.370 e. The molecule has 3 heterocycles. The highest BCUT2D eigenvalue weighted by molar-refractivity contribution is 7.90. The van der Waals surface area contributed by atoms with Gasteiger partial charge >= 0.3 is 0 Å². The topological polar surface area (TPSA) is 81.0 Å². The Balaban J connectivity index is 1.65. The lowest BCUT2D eigenvalue weighted by Crippen LogP contribution is -2.29. The second kappa shape index (κ2) is 9.32. The fourth-order valence-corrected chi connectivity index (χ4v) is 5.39. The predicted octanol–water partition coefficient (Wildman–Crippen LogP) is 3.92. The Labute approximate surface area is 186 Å². The van der Waals surface area contributed by atoms with Gasteiger partial charge in [-0.3, -0.25) is 4.98 Å². The van der Waals surface area contributed by atoms with Crippen LogP contribution >= 0.6 is 0 Å². The zero-order valence-electron chi connectivity index (χ0n) is 17.8. The molecule has 0 bridgehead atoms. The first-order valence-electron chi connectivity index (χ1n) is 10.7. The molecule has 170 valence electrons. The maximum Gasteiger partial charge on any atom is 0.156 e. The number of benzene rings is 1. The summed E-state index contributed by atoms with van der Waals surface area (Å²) in [4.78, 5) is 6.55. The number of sulfone groups is 1. The summed E-state index contributed by atoms with van der Waals surface area (Å²) in [7, 11) is -3.49. The molecule has 1 aromatic carbocycles. The van der Waals surface area contributed by atoms with Crippen LogP contribution in [0.25, 0.3) is 16.9 Å². The molecule has 0 unspecified atom stereocenters. The first-order valence-corrected chi connectivity index (χ1v) is 12.5. The molecule has 7 nitrogen and oxygen atoms in total. The van der Waals surface area contributed by atoms with Crippen molar-refractivity contribution in [2.45, 2.75) is 38.4 Å². The lowest BCUT2D eigenvalue weighted by Gasteiger charge is -2.28. The lowest BCUT2D eigenvalue weighted by molar-refractivity contribution is 0.547. The van der Waals surface area contributed by atoms with Crippen molar-refractivity contribution in [1.82, 2.24) is 20.0 Å². The van der Waals surface area contributed by atoms with Crippen molar-refractivity contribution in [3.63, 3.8) is 0 Å². The van der Waals surface area contributed by atoms with Gasteiger partial charge in [0, 0.05) is 30.4 Å². The maximum atomic E-state index is 15.1. The lowest BCUT2D eigenvalue weighted by atomic mass is 10.1. The van der Waals surface area contributed by atoms with E-state index >= 15 is 4.39 Å². The van der Waals surface area contributed by atoms with Crippen LogP contribution in [0.4, 0.5) is 14.5 Å². The molecule has 0 spiro atoms. The van der Waals surface area contributed by atoms with Crippen molar-refractivity contribution in [1.29, 1.82) is 0 Å². The number of nitrogens with zero attached hydrogens (tertiary/aromatic N) is 5. The van der Waals surface area contributed by atoms with E-state index in [9.17, 15) is 12.8 Å². The van der Waals surface area contributed by atoms with Crippen molar-refractivity contribution in [2.75, 3.05) is 23.7 Å². The van der Waals surface area contributed by atoms with Gasteiger partial charge in [0.25, 0.3) is 0 Å². The van der Waals surface area contributed by atoms with Gasteiger partial charge in [0.1, 0.15) is 11.4 Å². The second-order valence-electron chi connectivity index (χ2n) is 7.99. The predicted molar refractivity (Wildman–Crippen MR) is 118 cm³/mol. The minimum atomic E-state index is -3.49. The van der Waals surface area contributed by atoms with Gasteiger partial charge in [0.15, 0.2) is 21.5 Å². The van der Waals surface area contributed by atoms with Crippen LogP contribution in [0, 0.1) is 11.6 Å². The van der Waals surface area contributed by atoms with E-state index < -0.39 is 32.9 Å². The van der Waals surface area contributed by atoms with Crippen molar-refractivity contribution < 1.29 is 17.2 Å². The van der Waals surface area contributed by atoms with Crippen LogP contribution in [0.15, 0.2) is 36.8 Å². The zero-order chi connectivity index (χ0) is 22.7. The molecule has 10 heteroatoms. The average Bonchev–Trinajstić information content (AvgIpc) is 3.26. The molecule has 3 aromatic rings. The minimum absolute atomic E-state index is 0.0625. The third-order valence-corrected chi connectivity index (χ3v) is 7.28. The summed E-state index contributed by atoms with van der Waals surface area (Å²) in [5.41, 5.74) is 1.52. The Kier molecular flexibility index (Phi) is 6.50. The number of anilines is 1. The first kappa shape index (κ1) is 22.3. The first-order chi connectivity index (χ1) is 15.4. The van der Waals surface area contributed by atoms with Gasteiger partial charge in [-0.2, -0.15) is 0 Å². The summed E-state index contributed by atoms with van der Waals surface area (Å²) in [5.74, 6) is -2.37. The van der Waals surface area contributed by atoms with E-state index in [-0.39, 0.29) is 11.3 Å². The van der Waals surface area contributed by atoms with E-state index in [2.05, 4.69) is 20.2 Å². The second-order valence-corrected chi connectivity index (χ2v) is 10.2. The van der Waals surface area contributed by atoms with Crippen LogP contribution in [0.5, 0.6) is 0 Å². The third-order valence-electron chi connectivity index (χ3n) is 5.50. The molecule has 32 heavy (non-hydrogen) atoms. The molecular formula is C22H25F2N5O2S. The van der Waals surface area contributed by atoms with Gasteiger partial charge in [0.2, 0.25) is 0 Å². The molecule has 0 saturated carbocycles. The number of piperidine rings is 1. The van der Waals surface area contributed by atoms with Crippen LogP contribution in [0.3, 0.4) is 0 Å². The summed E-state index contributed by atoms with van der Waals surface area (Å²) in [6.07, 6.45) is 8.74. The average molecular weight is 462 g/mol. The number of pyridine rings is 1. The van der Waals surface area contributed by atoms with E-state index in [4.69, 9.17) is 0 Å². The summed E-state index contributed by atoms with van der Waals surface area (Å²) in [5, 5.41) is 7.96. The highest BCUT2D eigenvalue weighted by Gasteiger charge is 2.21. The van der Waals surface area contributed by atoms with Gasteiger partial charge in [-0.1, -0.05) is 18.2 Å². The molecule has 0 amide bonds. The van der Waals surface area contributed by atoms with Crippen LogP contribution < -0.4 is 4.90 Å². The highest BCUT2D eigenvalue weighted by Crippen LogP contribution is 2.27. The Bertz CT molecular complexity index is 1210. The summed E-state index contributed by atoms with van der Waals surface area (Å²) in [6.45, 7) is 3.65. The summed E-state index contributed by atoms with van der Waals surface area (Å²) >= 11 is 0. The highest BCUT2D eigenvalue weighted by atomic mass is 32.2. The molecule has 0 aliphatic carbocycles. The number of halogens is 2. The number of hydrogen-bond acceptors (Lipinski definition) is 6. The quantitative estimate of drug-likeness (QED) is 0.531. The molecule has 0 atom stereocenters. The van der Waals surface area contributed by atoms with E-state index in [1.807, 2.05) is 6.07 Å². The molecule has 0 N–H and O–H groups in total. The molecule has 1 saturated heterocycles. The smallest absolute Gasteiger partial charge is 0.156 e. The minimum Gasteiger partial charge on any atom is -0.370 e. The molecule has 1 fully saturated rings. The molecular weight excluding hydrogens is 436 g/mol. The molecule has 1 aliphatic rings. The Morgan fingerprint density at radius 2 is 1.88 bits per heavy atom. The van der Waals surface area contributed by atoms with E-state index in [0.717, 1.165) is 48.4 Å². The zero-order valence-corrected chi connectivity index (χ0v) is 18.7. The Morgan fingerprint density at radius 1 is 1.09 bits per heavy atom. The van der Waals surface area contributed by atoms with E-state index in [1.165, 1.54) is 12.6 Å². The van der Waals surface area contributed by atoms with Gasteiger partial charge in [-0.15, -0.1) is 5.10 Å². The van der Waals surface area contributed by atoms with Crippen LogP contribution in [-0.2, 0) is 15.6 Å². The number of aromatic nitrogens is 4. The fraction of sp³-hybridized carbons (Fsp3) is 0.409. The molecule has 1 aliphatic heterocycles. The van der Waals surface area contributed by atoms with Crippen molar-refractivity contribution in [3.8, 4) is 16.9 Å². The van der Waals surface area contributed by atoms with Crippen LogP contribution in [-0.4, -0.2) is 47.2 Å². The SMILES string of the molecule is CCCS(=O)(=O)Cc1ccc(F)c(-n2cc(-c3cncc(N4CCCCC4)c3)nn2)c1F. The standard InChI is InChI=1S/C22H25F2N5O2S/c1-2-10-32(30,31)15-16-6-7-19(23)22(21(16)24)29-14-20(26-27-29)17-11-18(13-25-12-17)28-8-4-3-5-9-28/h6-7,11-14H,2-5,8-10,15H2,1H3. The van der Waals surface area contributed by atoms with Gasteiger partial charge in [0.05, 0.1) is 29.6 Å². The van der Waals surface area contributed by atoms with Crippen molar-refractivity contribution >= 4 is 15.5 Å².